The van der Waals surface area contributed by atoms with Crippen LogP contribution in [0.4, 0.5) is 0 Å². The summed E-state index contributed by atoms with van der Waals surface area (Å²) in [5, 5.41) is 0. The topological polar surface area (TPSA) is 12.9 Å². The third-order valence-electron chi connectivity index (χ3n) is 4.83. The van der Waals surface area contributed by atoms with Gasteiger partial charge in [-0.15, -0.1) is 0 Å². The first kappa shape index (κ1) is 18.4. The predicted octanol–water partition coefficient (Wildman–Crippen LogP) is 6.93. The molecule has 1 heteroatoms. The molecule has 0 unspecified atom stereocenters. The van der Waals surface area contributed by atoms with Crippen molar-refractivity contribution in [2.24, 2.45) is 5.41 Å². The number of pyridine rings is 1. The van der Waals surface area contributed by atoms with Crippen LogP contribution in [0.5, 0.6) is 0 Å². The fraction of sp³-hybridized carbons (Fsp3) is 0.320. The van der Waals surface area contributed by atoms with Gasteiger partial charge in [-0.25, -0.2) is 0 Å². The zero-order chi connectivity index (χ0) is 18.9. The van der Waals surface area contributed by atoms with Crippen molar-refractivity contribution in [3.05, 3.63) is 77.0 Å². The number of hydrogen-bond acceptors (Lipinski definition) is 1. The molecule has 0 spiro atoms. The van der Waals surface area contributed by atoms with E-state index < -0.39 is 0 Å². The molecule has 0 N–H and O–H groups in total. The van der Waals surface area contributed by atoms with Gasteiger partial charge in [0.05, 0.1) is 5.69 Å². The van der Waals surface area contributed by atoms with Crippen molar-refractivity contribution in [3.63, 3.8) is 0 Å². The summed E-state index contributed by atoms with van der Waals surface area (Å²) in [6.07, 6.45) is 3.08. The Morgan fingerprint density at radius 1 is 0.769 bits per heavy atom. The monoisotopic (exact) mass is 343 g/mol. The van der Waals surface area contributed by atoms with Gasteiger partial charge in [-0.3, -0.25) is 4.98 Å². The normalized spacial score (nSPS) is 11.6. The molecule has 0 saturated heterocycles. The van der Waals surface area contributed by atoms with E-state index in [2.05, 4.69) is 90.1 Å². The van der Waals surface area contributed by atoms with Crippen LogP contribution in [-0.2, 0) is 6.42 Å². The molecule has 0 aliphatic carbocycles. The molecule has 1 heterocycles. The summed E-state index contributed by atoms with van der Waals surface area (Å²) in [4.78, 5) is 4.72. The maximum absolute atomic E-state index is 4.72. The van der Waals surface area contributed by atoms with Crippen LogP contribution in [-0.4, -0.2) is 4.98 Å². The summed E-state index contributed by atoms with van der Waals surface area (Å²) in [5.41, 5.74) is 10.3. The minimum atomic E-state index is 0.268. The van der Waals surface area contributed by atoms with Crippen LogP contribution in [0, 0.1) is 26.2 Å². The largest absolute Gasteiger partial charge is 0.256 e. The second kappa shape index (κ2) is 7.07. The Labute approximate surface area is 158 Å². The molecule has 1 nitrogen and oxygen atoms in total. The second-order valence-electron chi connectivity index (χ2n) is 8.63. The fourth-order valence-electron chi connectivity index (χ4n) is 3.31. The van der Waals surface area contributed by atoms with Gasteiger partial charge in [0, 0.05) is 11.8 Å². The van der Waals surface area contributed by atoms with Crippen LogP contribution in [0.1, 0.15) is 43.0 Å². The first-order chi connectivity index (χ1) is 12.2. The number of benzene rings is 2. The molecule has 0 amide bonds. The van der Waals surface area contributed by atoms with Gasteiger partial charge in [0.25, 0.3) is 0 Å². The van der Waals surface area contributed by atoms with Crippen LogP contribution >= 0.6 is 0 Å². The highest BCUT2D eigenvalue weighted by Crippen LogP contribution is 2.31. The van der Waals surface area contributed by atoms with Crippen LogP contribution in [0.2, 0.25) is 0 Å². The Morgan fingerprint density at radius 3 is 2.08 bits per heavy atom. The van der Waals surface area contributed by atoms with Gasteiger partial charge in [-0.1, -0.05) is 62.7 Å². The highest BCUT2D eigenvalue weighted by molar-refractivity contribution is 5.74. The maximum atomic E-state index is 4.72. The molecule has 3 rings (SSSR count). The summed E-state index contributed by atoms with van der Waals surface area (Å²) in [6, 6.07) is 17.7. The van der Waals surface area contributed by atoms with E-state index in [1.807, 2.05) is 6.20 Å². The highest BCUT2D eigenvalue weighted by atomic mass is 14.7. The Morgan fingerprint density at radius 2 is 1.42 bits per heavy atom. The fourth-order valence-corrected chi connectivity index (χ4v) is 3.31. The van der Waals surface area contributed by atoms with Gasteiger partial charge in [0.2, 0.25) is 0 Å². The number of rotatable bonds is 3. The zero-order valence-electron chi connectivity index (χ0n) is 16.9. The number of hydrogen-bond donors (Lipinski definition) is 0. The van der Waals surface area contributed by atoms with Crippen molar-refractivity contribution >= 4 is 0 Å². The lowest BCUT2D eigenvalue weighted by molar-refractivity contribution is 0.410. The van der Waals surface area contributed by atoms with Crippen molar-refractivity contribution < 1.29 is 0 Å². The van der Waals surface area contributed by atoms with Crippen molar-refractivity contribution in [2.45, 2.75) is 48.0 Å². The molecule has 1 aromatic heterocycles. The minimum absolute atomic E-state index is 0.268. The molecule has 0 saturated carbocycles. The van der Waals surface area contributed by atoms with Gasteiger partial charge in [-0.2, -0.15) is 0 Å². The summed E-state index contributed by atoms with van der Waals surface area (Å²) < 4.78 is 0. The predicted molar refractivity (Wildman–Crippen MR) is 112 cm³/mol. The SMILES string of the molecule is Cc1ccc(-c2cc(-c3cc(CC(C)(C)C)c(C)cn3)ccc2C)cc1. The minimum Gasteiger partial charge on any atom is -0.256 e. The van der Waals surface area contributed by atoms with E-state index in [1.165, 1.54) is 38.9 Å². The summed E-state index contributed by atoms with van der Waals surface area (Å²) in [7, 11) is 0. The van der Waals surface area contributed by atoms with E-state index in [0.29, 0.717) is 0 Å². The number of aryl methyl sites for hydroxylation is 3. The van der Waals surface area contributed by atoms with Crippen LogP contribution in [0.3, 0.4) is 0 Å². The van der Waals surface area contributed by atoms with Gasteiger partial charge in [-0.05, 0) is 72.6 Å². The van der Waals surface area contributed by atoms with E-state index in [9.17, 15) is 0 Å². The van der Waals surface area contributed by atoms with Crippen molar-refractivity contribution in [1.29, 1.82) is 0 Å². The van der Waals surface area contributed by atoms with Gasteiger partial charge in [0.1, 0.15) is 0 Å². The van der Waals surface area contributed by atoms with E-state index in [4.69, 9.17) is 4.98 Å². The summed E-state index contributed by atoms with van der Waals surface area (Å²) >= 11 is 0. The Bertz CT molecular complexity index is 912. The Kier molecular flexibility index (Phi) is 5.00. The molecule has 2 aromatic carbocycles. The van der Waals surface area contributed by atoms with Crippen LogP contribution in [0.15, 0.2) is 54.7 Å². The summed E-state index contributed by atoms with van der Waals surface area (Å²) in [6.45, 7) is 13.3. The van der Waals surface area contributed by atoms with E-state index >= 15 is 0 Å². The molecule has 3 aromatic rings. The maximum Gasteiger partial charge on any atom is 0.0705 e. The lowest BCUT2D eigenvalue weighted by Crippen LogP contribution is -2.10. The molecule has 0 aliphatic rings. The first-order valence-electron chi connectivity index (χ1n) is 9.36. The van der Waals surface area contributed by atoms with Crippen LogP contribution < -0.4 is 0 Å². The smallest absolute Gasteiger partial charge is 0.0705 e. The molecule has 0 atom stereocenters. The van der Waals surface area contributed by atoms with Crippen molar-refractivity contribution in [1.82, 2.24) is 4.98 Å². The lowest BCUT2D eigenvalue weighted by Gasteiger charge is -2.20. The molecule has 0 fully saturated rings. The van der Waals surface area contributed by atoms with Gasteiger partial charge >= 0.3 is 0 Å². The molecule has 0 radical (unpaired) electrons. The number of nitrogens with zero attached hydrogens (tertiary/aromatic N) is 1. The first-order valence-corrected chi connectivity index (χ1v) is 9.36. The molecular formula is C25H29N. The third kappa shape index (κ3) is 4.22. The van der Waals surface area contributed by atoms with Gasteiger partial charge in [0.15, 0.2) is 0 Å². The van der Waals surface area contributed by atoms with Gasteiger partial charge < -0.3 is 0 Å². The highest BCUT2D eigenvalue weighted by Gasteiger charge is 2.14. The Hall–Kier alpha value is -2.41. The van der Waals surface area contributed by atoms with Crippen molar-refractivity contribution in [3.8, 4) is 22.4 Å². The zero-order valence-corrected chi connectivity index (χ0v) is 16.9. The standard InChI is InChI=1S/C25H29N/c1-17-7-10-20(11-8-17)23-13-21(12-9-18(23)2)24-14-22(15-25(4,5)6)19(3)16-26-24/h7-14,16H,15H2,1-6H3. The molecule has 26 heavy (non-hydrogen) atoms. The number of aromatic nitrogens is 1. The quantitative estimate of drug-likeness (QED) is 0.502. The Balaban J connectivity index is 2.04. The average molecular weight is 344 g/mol. The van der Waals surface area contributed by atoms with E-state index in [0.717, 1.165) is 12.1 Å². The average Bonchev–Trinajstić information content (AvgIpc) is 2.57. The van der Waals surface area contributed by atoms with E-state index in [1.54, 1.807) is 0 Å². The lowest BCUT2D eigenvalue weighted by atomic mass is 9.86. The molecular weight excluding hydrogens is 314 g/mol. The molecule has 134 valence electrons. The second-order valence-corrected chi connectivity index (χ2v) is 8.63. The molecule has 0 bridgehead atoms. The van der Waals surface area contributed by atoms with Crippen LogP contribution in [0.25, 0.3) is 22.4 Å². The third-order valence-corrected chi connectivity index (χ3v) is 4.83. The molecule has 0 aliphatic heterocycles. The van der Waals surface area contributed by atoms with E-state index in [-0.39, 0.29) is 5.41 Å². The van der Waals surface area contributed by atoms with Crippen molar-refractivity contribution in [2.75, 3.05) is 0 Å². The summed E-state index contributed by atoms with van der Waals surface area (Å²) in [5.74, 6) is 0.